The Morgan fingerprint density at radius 1 is 0.667 bits per heavy atom. The molecule has 0 aromatic rings. The molecule has 1 heteroatoms. The summed E-state index contributed by atoms with van der Waals surface area (Å²) in [6, 6.07) is 0. The van der Waals surface area contributed by atoms with Crippen LogP contribution in [0, 0.1) is 0 Å². The molecule has 1 rings (SSSR count). The van der Waals surface area contributed by atoms with Crippen molar-refractivity contribution in [3.05, 3.63) is 12.2 Å². The van der Waals surface area contributed by atoms with E-state index in [1.165, 1.54) is 38.5 Å². The standard InChI is InChI=1S/C8H14.Pd/c1-2-4-6-8-7-5-3-1;/h1-2H,3-8H2;. The van der Waals surface area contributed by atoms with Crippen LogP contribution in [-0.2, 0) is 20.4 Å². The molecule has 1 aliphatic carbocycles. The summed E-state index contributed by atoms with van der Waals surface area (Å²) in [6.45, 7) is 0. The molecule has 0 bridgehead atoms. The Balaban J connectivity index is 0.000000640. The fraction of sp³-hybridized carbons (Fsp3) is 0.750. The topological polar surface area (TPSA) is 0 Å². The molecule has 0 unspecified atom stereocenters. The fourth-order valence-electron chi connectivity index (χ4n) is 1.11. The van der Waals surface area contributed by atoms with E-state index in [1.54, 1.807) is 0 Å². The van der Waals surface area contributed by atoms with Crippen LogP contribution >= 0.6 is 0 Å². The van der Waals surface area contributed by atoms with E-state index in [0.717, 1.165) is 0 Å². The Morgan fingerprint density at radius 2 is 1.11 bits per heavy atom. The molecule has 0 fully saturated rings. The van der Waals surface area contributed by atoms with E-state index < -0.39 is 0 Å². The number of rotatable bonds is 0. The Kier molecular flexibility index (Phi) is 6.81. The van der Waals surface area contributed by atoms with Crippen LogP contribution in [0.1, 0.15) is 38.5 Å². The Hall–Kier alpha value is 0.402. The monoisotopic (exact) mass is 216 g/mol. The average molecular weight is 217 g/mol. The second-order valence-corrected chi connectivity index (χ2v) is 2.46. The second kappa shape index (κ2) is 6.52. The predicted molar refractivity (Wildman–Crippen MR) is 36.8 cm³/mol. The van der Waals surface area contributed by atoms with Gasteiger partial charge in [0.2, 0.25) is 0 Å². The smallest absolute Gasteiger partial charge is 0 e. The quantitative estimate of drug-likeness (QED) is 0.432. The summed E-state index contributed by atoms with van der Waals surface area (Å²) in [5.41, 5.74) is 0. The van der Waals surface area contributed by atoms with Crippen LogP contribution in [0.4, 0.5) is 0 Å². The molecule has 0 aromatic carbocycles. The minimum atomic E-state index is 0. The fourth-order valence-corrected chi connectivity index (χ4v) is 1.11. The molecule has 0 spiro atoms. The van der Waals surface area contributed by atoms with Crippen molar-refractivity contribution in [1.29, 1.82) is 0 Å². The summed E-state index contributed by atoms with van der Waals surface area (Å²) < 4.78 is 0. The molecular formula is C8H14Pd. The Labute approximate surface area is 71.4 Å². The maximum absolute atomic E-state index is 2.32. The summed E-state index contributed by atoms with van der Waals surface area (Å²) in [4.78, 5) is 0. The van der Waals surface area contributed by atoms with Crippen molar-refractivity contribution < 1.29 is 20.4 Å². The van der Waals surface area contributed by atoms with Crippen molar-refractivity contribution in [2.45, 2.75) is 38.5 Å². The molecule has 0 amide bonds. The van der Waals surface area contributed by atoms with E-state index in [1.807, 2.05) is 0 Å². The zero-order valence-electron chi connectivity index (χ0n) is 5.71. The van der Waals surface area contributed by atoms with E-state index in [4.69, 9.17) is 0 Å². The predicted octanol–water partition coefficient (Wildman–Crippen LogP) is 2.89. The molecular weight excluding hydrogens is 203 g/mol. The SMILES string of the molecule is C1=CCCCCCC1.[Pd]. The molecule has 56 valence electrons. The summed E-state index contributed by atoms with van der Waals surface area (Å²) >= 11 is 0. The van der Waals surface area contributed by atoms with Crippen LogP contribution in [0.3, 0.4) is 0 Å². The summed E-state index contributed by atoms with van der Waals surface area (Å²) in [6.07, 6.45) is 13.0. The minimum Gasteiger partial charge on any atom is -0.0885 e. The molecule has 0 radical (unpaired) electrons. The van der Waals surface area contributed by atoms with Gasteiger partial charge in [-0.05, 0) is 25.7 Å². The normalized spacial score (nSPS) is 19.6. The first-order chi connectivity index (χ1) is 4.00. The molecule has 0 aliphatic heterocycles. The van der Waals surface area contributed by atoms with Gasteiger partial charge in [0.05, 0.1) is 0 Å². The summed E-state index contributed by atoms with van der Waals surface area (Å²) in [5, 5.41) is 0. The summed E-state index contributed by atoms with van der Waals surface area (Å²) in [7, 11) is 0. The van der Waals surface area contributed by atoms with Gasteiger partial charge in [0.25, 0.3) is 0 Å². The molecule has 0 nitrogen and oxygen atoms in total. The molecule has 1 aliphatic rings. The number of hydrogen-bond donors (Lipinski definition) is 0. The molecule has 0 saturated carbocycles. The molecule has 0 heterocycles. The van der Waals surface area contributed by atoms with Gasteiger partial charge in [-0.3, -0.25) is 0 Å². The Bertz CT molecular complexity index is 66.6. The first kappa shape index (κ1) is 9.40. The van der Waals surface area contributed by atoms with Gasteiger partial charge in [-0.1, -0.05) is 25.0 Å². The first-order valence-electron chi connectivity index (χ1n) is 3.65. The average Bonchev–Trinajstić information content (AvgIpc) is 1.62. The van der Waals surface area contributed by atoms with Gasteiger partial charge in [-0.25, -0.2) is 0 Å². The van der Waals surface area contributed by atoms with E-state index in [0.29, 0.717) is 0 Å². The van der Waals surface area contributed by atoms with Gasteiger partial charge in [-0.15, -0.1) is 0 Å². The van der Waals surface area contributed by atoms with Crippen molar-refractivity contribution in [2.24, 2.45) is 0 Å². The maximum Gasteiger partial charge on any atom is 0 e. The molecule has 0 N–H and O–H groups in total. The third-order valence-corrected chi connectivity index (χ3v) is 1.66. The van der Waals surface area contributed by atoms with Crippen molar-refractivity contribution in [1.82, 2.24) is 0 Å². The van der Waals surface area contributed by atoms with Gasteiger partial charge < -0.3 is 0 Å². The number of allylic oxidation sites excluding steroid dienone is 2. The summed E-state index contributed by atoms with van der Waals surface area (Å²) in [5.74, 6) is 0. The number of hydrogen-bond acceptors (Lipinski definition) is 0. The Morgan fingerprint density at radius 3 is 1.56 bits per heavy atom. The van der Waals surface area contributed by atoms with Crippen LogP contribution in [0.15, 0.2) is 12.2 Å². The zero-order valence-corrected chi connectivity index (χ0v) is 7.27. The van der Waals surface area contributed by atoms with Crippen LogP contribution in [0.5, 0.6) is 0 Å². The van der Waals surface area contributed by atoms with Gasteiger partial charge in [-0.2, -0.15) is 0 Å². The van der Waals surface area contributed by atoms with Gasteiger partial charge >= 0.3 is 0 Å². The van der Waals surface area contributed by atoms with Crippen molar-refractivity contribution >= 4 is 0 Å². The van der Waals surface area contributed by atoms with Crippen LogP contribution in [-0.4, -0.2) is 0 Å². The van der Waals surface area contributed by atoms with E-state index in [9.17, 15) is 0 Å². The van der Waals surface area contributed by atoms with Gasteiger partial charge in [0.1, 0.15) is 0 Å². The van der Waals surface area contributed by atoms with E-state index in [-0.39, 0.29) is 20.4 Å². The van der Waals surface area contributed by atoms with E-state index in [2.05, 4.69) is 12.2 Å². The third kappa shape index (κ3) is 4.88. The van der Waals surface area contributed by atoms with Crippen molar-refractivity contribution in [2.75, 3.05) is 0 Å². The zero-order chi connectivity index (χ0) is 5.66. The molecule has 0 atom stereocenters. The maximum atomic E-state index is 2.32. The second-order valence-electron chi connectivity index (χ2n) is 2.46. The van der Waals surface area contributed by atoms with Crippen molar-refractivity contribution in [3.8, 4) is 0 Å². The van der Waals surface area contributed by atoms with Gasteiger partial charge in [0, 0.05) is 20.4 Å². The first-order valence-corrected chi connectivity index (χ1v) is 3.65. The molecule has 0 saturated heterocycles. The van der Waals surface area contributed by atoms with Crippen LogP contribution in [0.25, 0.3) is 0 Å². The molecule has 9 heavy (non-hydrogen) atoms. The van der Waals surface area contributed by atoms with Crippen LogP contribution in [0.2, 0.25) is 0 Å². The van der Waals surface area contributed by atoms with Gasteiger partial charge in [0.15, 0.2) is 0 Å². The van der Waals surface area contributed by atoms with E-state index >= 15 is 0 Å². The largest absolute Gasteiger partial charge is 0.0885 e. The molecule has 0 aromatic heterocycles. The minimum absolute atomic E-state index is 0. The van der Waals surface area contributed by atoms with Crippen LogP contribution < -0.4 is 0 Å². The van der Waals surface area contributed by atoms with Crippen molar-refractivity contribution in [3.63, 3.8) is 0 Å². The third-order valence-electron chi connectivity index (χ3n) is 1.66.